The van der Waals surface area contributed by atoms with E-state index < -0.39 is 76.9 Å². The van der Waals surface area contributed by atoms with Gasteiger partial charge in [-0.15, -0.1) is 0 Å². The van der Waals surface area contributed by atoms with Crippen LogP contribution in [0, 0.1) is 0 Å². The maximum absolute atomic E-state index is 13.2. The number of urea groups is 2. The zero-order chi connectivity index (χ0) is 33.3. The second-order valence-corrected chi connectivity index (χ2v) is 8.84. The maximum atomic E-state index is 13.2. The van der Waals surface area contributed by atoms with Crippen LogP contribution in [0.1, 0.15) is 27.8 Å². The fraction of sp³-hybridized carbons (Fsp3) is 0.200. The van der Waals surface area contributed by atoms with E-state index in [1.165, 1.54) is 18.2 Å². The standard InChI is InChI=1S/C25H16F12N4O3/c26-22(27,28)13-5-14(23(29,30)31)8-17(7-13)38-20(43)40-41(11-12-2-1-3-19(42)4-12)21(44)39-18-9-15(24(32,33)34)6-16(10-18)25(35,36)37/h1-10,42H,11H2,(H,39,44)(H2,38,40,43). The highest BCUT2D eigenvalue weighted by Crippen LogP contribution is 2.39. The molecule has 0 saturated carbocycles. The number of rotatable bonds is 4. The number of aromatic hydroxyl groups is 1. The summed E-state index contributed by atoms with van der Waals surface area (Å²) in [5, 5.41) is 13.2. The lowest BCUT2D eigenvalue weighted by Crippen LogP contribution is -2.49. The lowest BCUT2D eigenvalue weighted by atomic mass is 10.1. The fourth-order valence-corrected chi connectivity index (χ4v) is 3.53. The van der Waals surface area contributed by atoms with Gasteiger partial charge in [0.2, 0.25) is 0 Å². The number of nitrogens with one attached hydrogen (secondary N) is 3. The minimum Gasteiger partial charge on any atom is -0.508 e. The summed E-state index contributed by atoms with van der Waals surface area (Å²) < 4.78 is 158. The molecule has 0 radical (unpaired) electrons. The first-order chi connectivity index (χ1) is 20.0. The Morgan fingerprint density at radius 1 is 0.614 bits per heavy atom. The molecule has 7 nitrogen and oxygen atoms in total. The number of halogens is 12. The Morgan fingerprint density at radius 2 is 1.02 bits per heavy atom. The minimum atomic E-state index is -5.29. The van der Waals surface area contributed by atoms with E-state index in [1.54, 1.807) is 16.1 Å². The minimum absolute atomic E-state index is 0.00102. The number of amides is 4. The monoisotopic (exact) mass is 648 g/mol. The molecule has 0 bridgehead atoms. The Balaban J connectivity index is 1.95. The van der Waals surface area contributed by atoms with Crippen molar-refractivity contribution in [3.8, 4) is 5.75 Å². The molecule has 0 aliphatic rings. The smallest absolute Gasteiger partial charge is 0.416 e. The van der Waals surface area contributed by atoms with E-state index in [1.807, 2.05) is 0 Å². The fourth-order valence-electron chi connectivity index (χ4n) is 3.53. The molecule has 0 aliphatic heterocycles. The Morgan fingerprint density at radius 3 is 1.41 bits per heavy atom. The van der Waals surface area contributed by atoms with Crippen LogP contribution in [-0.2, 0) is 31.2 Å². The number of phenols is 1. The molecule has 0 aliphatic carbocycles. The van der Waals surface area contributed by atoms with Crippen LogP contribution in [-0.4, -0.2) is 22.2 Å². The number of benzene rings is 3. The van der Waals surface area contributed by atoms with Crippen molar-refractivity contribution in [2.24, 2.45) is 0 Å². The highest BCUT2D eigenvalue weighted by atomic mass is 19.4. The van der Waals surface area contributed by atoms with E-state index >= 15 is 0 Å². The predicted octanol–water partition coefficient (Wildman–Crippen LogP) is 8.24. The van der Waals surface area contributed by atoms with Gasteiger partial charge in [0.1, 0.15) is 5.75 Å². The maximum Gasteiger partial charge on any atom is 0.416 e. The van der Waals surface area contributed by atoms with Crippen molar-refractivity contribution in [2.75, 3.05) is 10.6 Å². The first-order valence-electron chi connectivity index (χ1n) is 11.6. The van der Waals surface area contributed by atoms with E-state index in [-0.39, 0.29) is 52.7 Å². The Hall–Kier alpha value is -4.84. The van der Waals surface area contributed by atoms with Gasteiger partial charge < -0.3 is 15.7 Å². The third-order valence-corrected chi connectivity index (χ3v) is 5.42. The summed E-state index contributed by atoms with van der Waals surface area (Å²) in [6, 6.07) is 1.52. The van der Waals surface area contributed by atoms with E-state index in [0.717, 1.165) is 6.07 Å². The highest BCUT2D eigenvalue weighted by Gasteiger charge is 2.38. The summed E-state index contributed by atoms with van der Waals surface area (Å²) in [5.74, 6) is -0.386. The van der Waals surface area contributed by atoms with Crippen LogP contribution in [0.25, 0.3) is 0 Å². The van der Waals surface area contributed by atoms with Crippen molar-refractivity contribution in [2.45, 2.75) is 31.2 Å². The molecule has 0 atom stereocenters. The number of alkyl halides is 12. The van der Waals surface area contributed by atoms with Gasteiger partial charge in [-0.1, -0.05) is 12.1 Å². The van der Waals surface area contributed by atoms with Crippen LogP contribution in [0.5, 0.6) is 5.75 Å². The summed E-state index contributed by atoms with van der Waals surface area (Å²) in [6.07, 6.45) is -21.1. The lowest BCUT2D eigenvalue weighted by molar-refractivity contribution is -0.144. The Kier molecular flexibility index (Phi) is 9.21. The van der Waals surface area contributed by atoms with Gasteiger partial charge in [-0.3, -0.25) is 0 Å². The van der Waals surface area contributed by atoms with Gasteiger partial charge in [0.15, 0.2) is 0 Å². The molecular weight excluding hydrogens is 632 g/mol. The quantitative estimate of drug-likeness (QED) is 0.170. The number of phenolic OH excluding ortho intramolecular Hbond substituents is 1. The first-order valence-corrected chi connectivity index (χ1v) is 11.6. The Labute approximate surface area is 238 Å². The third kappa shape index (κ3) is 9.08. The average molecular weight is 648 g/mol. The lowest BCUT2D eigenvalue weighted by Gasteiger charge is -2.25. The molecule has 0 heterocycles. The number of anilines is 2. The van der Waals surface area contributed by atoms with Crippen molar-refractivity contribution >= 4 is 23.4 Å². The van der Waals surface area contributed by atoms with E-state index in [9.17, 15) is 67.4 Å². The Bertz CT molecular complexity index is 1470. The van der Waals surface area contributed by atoms with Gasteiger partial charge in [-0.2, -0.15) is 52.7 Å². The number of carbonyl (C=O) groups excluding carboxylic acids is 2. The van der Waals surface area contributed by atoms with Gasteiger partial charge in [0.25, 0.3) is 0 Å². The molecule has 44 heavy (non-hydrogen) atoms. The molecular formula is C25H16F12N4O3. The zero-order valence-corrected chi connectivity index (χ0v) is 21.2. The molecule has 3 rings (SSSR count). The number of hydrogen-bond donors (Lipinski definition) is 4. The molecule has 4 N–H and O–H groups in total. The van der Waals surface area contributed by atoms with Gasteiger partial charge in [-0.25, -0.2) is 20.0 Å². The van der Waals surface area contributed by atoms with E-state index in [2.05, 4.69) is 0 Å². The average Bonchev–Trinajstić information content (AvgIpc) is 2.86. The number of hydrogen-bond acceptors (Lipinski definition) is 3. The van der Waals surface area contributed by atoms with Gasteiger partial charge >= 0.3 is 36.8 Å². The van der Waals surface area contributed by atoms with Crippen LogP contribution in [0.4, 0.5) is 73.6 Å². The van der Waals surface area contributed by atoms with Crippen molar-refractivity contribution in [1.82, 2.24) is 10.4 Å². The van der Waals surface area contributed by atoms with Crippen LogP contribution in [0.15, 0.2) is 60.7 Å². The molecule has 0 spiro atoms. The molecule has 0 fully saturated rings. The third-order valence-electron chi connectivity index (χ3n) is 5.42. The van der Waals surface area contributed by atoms with Crippen LogP contribution in [0.2, 0.25) is 0 Å². The highest BCUT2D eigenvalue weighted by molar-refractivity contribution is 5.94. The van der Waals surface area contributed by atoms with Gasteiger partial charge in [-0.05, 0) is 54.1 Å². The number of carbonyl (C=O) groups is 2. The van der Waals surface area contributed by atoms with Crippen molar-refractivity contribution in [3.05, 3.63) is 88.5 Å². The summed E-state index contributed by atoms with van der Waals surface area (Å²) in [4.78, 5) is 25.5. The summed E-state index contributed by atoms with van der Waals surface area (Å²) in [7, 11) is 0. The molecule has 238 valence electrons. The normalized spacial score (nSPS) is 12.5. The first kappa shape index (κ1) is 33.7. The van der Waals surface area contributed by atoms with Crippen molar-refractivity contribution < 1.29 is 67.4 Å². The van der Waals surface area contributed by atoms with Gasteiger partial charge in [0, 0.05) is 11.4 Å². The molecule has 19 heteroatoms. The van der Waals surface area contributed by atoms with Crippen molar-refractivity contribution in [3.63, 3.8) is 0 Å². The molecule has 0 saturated heterocycles. The topological polar surface area (TPSA) is 93.7 Å². The van der Waals surface area contributed by atoms with Crippen LogP contribution < -0.4 is 16.1 Å². The summed E-state index contributed by atoms with van der Waals surface area (Å²) >= 11 is 0. The van der Waals surface area contributed by atoms with Crippen molar-refractivity contribution in [1.29, 1.82) is 0 Å². The van der Waals surface area contributed by atoms with Crippen LogP contribution >= 0.6 is 0 Å². The molecule has 0 aromatic heterocycles. The van der Waals surface area contributed by atoms with Gasteiger partial charge in [0.05, 0.1) is 28.8 Å². The number of hydrazine groups is 1. The largest absolute Gasteiger partial charge is 0.508 e. The second-order valence-electron chi connectivity index (χ2n) is 8.84. The summed E-state index contributed by atoms with van der Waals surface area (Å²) in [6.45, 7) is -0.769. The molecule has 3 aromatic carbocycles. The zero-order valence-electron chi connectivity index (χ0n) is 21.2. The predicted molar refractivity (Wildman–Crippen MR) is 128 cm³/mol. The molecule has 4 amide bonds. The van der Waals surface area contributed by atoms with E-state index in [4.69, 9.17) is 0 Å². The van der Waals surface area contributed by atoms with Crippen LogP contribution in [0.3, 0.4) is 0 Å². The SMILES string of the molecule is O=C(Nc1cc(C(F)(F)F)cc(C(F)(F)F)c1)NN(Cc1cccc(O)c1)C(=O)Nc1cc(C(F)(F)F)cc(C(F)(F)F)c1. The summed E-state index contributed by atoms with van der Waals surface area (Å²) in [5.41, 5.74) is -7.58. The number of nitrogens with zero attached hydrogens (tertiary/aromatic N) is 1. The molecule has 0 unspecified atom stereocenters. The molecule has 3 aromatic rings. The second kappa shape index (κ2) is 12.0. The van der Waals surface area contributed by atoms with E-state index in [0.29, 0.717) is 0 Å².